The molecule has 1 aliphatic rings. The molecular weight excluding hydrogens is 504 g/mol. The highest BCUT2D eigenvalue weighted by atomic mass is 19.4. The molecule has 1 fully saturated rings. The molecular formula is C26H22F4N6O2. The summed E-state index contributed by atoms with van der Waals surface area (Å²) in [5, 5.41) is 2.28. The van der Waals surface area contributed by atoms with Crippen LogP contribution in [0.25, 0.3) is 0 Å². The van der Waals surface area contributed by atoms with Crippen molar-refractivity contribution in [1.82, 2.24) is 19.8 Å². The molecule has 1 aromatic heterocycles. The predicted molar refractivity (Wildman–Crippen MR) is 132 cm³/mol. The molecule has 3 N–H and O–H groups in total. The predicted octanol–water partition coefficient (Wildman–Crippen LogP) is 3.26. The number of rotatable bonds is 3. The van der Waals surface area contributed by atoms with Gasteiger partial charge in [-0.25, -0.2) is 14.4 Å². The standard InChI is InChI=1S/C26H22F4N6O2/c1-35-6-8-36(9-7-35)24(38)18-11-19(26(28,29)30)13-20(12-18)34-23(37)21-10-16(4-5-22(21)27)2-3-17-14-32-25(31)33-15-17/h4-5,10-15H,6-9H2,1H3,(H,34,37)(H2,31,32,33). The first-order valence-corrected chi connectivity index (χ1v) is 11.4. The molecule has 0 atom stereocenters. The molecule has 12 heteroatoms. The van der Waals surface area contributed by atoms with Gasteiger partial charge >= 0.3 is 6.18 Å². The lowest BCUT2D eigenvalue weighted by atomic mass is 10.1. The van der Waals surface area contributed by atoms with Gasteiger partial charge in [0.05, 0.1) is 16.7 Å². The number of piperazine rings is 1. The molecule has 0 unspecified atom stereocenters. The molecule has 3 aromatic rings. The van der Waals surface area contributed by atoms with E-state index in [1.807, 2.05) is 11.9 Å². The van der Waals surface area contributed by atoms with Gasteiger partial charge in [-0.15, -0.1) is 0 Å². The van der Waals surface area contributed by atoms with Gasteiger partial charge in [-0.2, -0.15) is 13.2 Å². The van der Waals surface area contributed by atoms with Gasteiger partial charge in [0.15, 0.2) is 0 Å². The number of halogens is 4. The molecule has 1 aliphatic heterocycles. The molecule has 4 rings (SSSR count). The van der Waals surface area contributed by atoms with Crippen LogP contribution in [0.3, 0.4) is 0 Å². The molecule has 2 amide bonds. The number of nitrogens with two attached hydrogens (primary N) is 1. The second-order valence-corrected chi connectivity index (χ2v) is 8.62. The van der Waals surface area contributed by atoms with E-state index in [2.05, 4.69) is 27.1 Å². The smallest absolute Gasteiger partial charge is 0.368 e. The highest BCUT2D eigenvalue weighted by Gasteiger charge is 2.33. The van der Waals surface area contributed by atoms with Crippen LogP contribution in [0.1, 0.15) is 37.4 Å². The van der Waals surface area contributed by atoms with Crippen molar-refractivity contribution >= 4 is 23.5 Å². The first kappa shape index (κ1) is 26.6. The largest absolute Gasteiger partial charge is 0.416 e. The third-order valence-corrected chi connectivity index (χ3v) is 5.79. The molecule has 0 bridgehead atoms. The molecule has 0 aliphatic carbocycles. The van der Waals surface area contributed by atoms with E-state index in [-0.39, 0.29) is 22.8 Å². The second kappa shape index (κ2) is 10.9. The number of carbonyl (C=O) groups excluding carboxylic acids is 2. The monoisotopic (exact) mass is 526 g/mol. The number of nitrogen functional groups attached to an aromatic ring is 1. The zero-order valence-electron chi connectivity index (χ0n) is 20.1. The van der Waals surface area contributed by atoms with E-state index in [4.69, 9.17) is 5.73 Å². The second-order valence-electron chi connectivity index (χ2n) is 8.62. The summed E-state index contributed by atoms with van der Waals surface area (Å²) in [4.78, 5) is 36.9. The van der Waals surface area contributed by atoms with Crippen molar-refractivity contribution in [1.29, 1.82) is 0 Å². The Hall–Kier alpha value is -4.50. The van der Waals surface area contributed by atoms with Crippen molar-refractivity contribution in [2.75, 3.05) is 44.3 Å². The Balaban J connectivity index is 1.60. The maximum Gasteiger partial charge on any atom is 0.416 e. The van der Waals surface area contributed by atoms with Crippen molar-refractivity contribution in [2.45, 2.75) is 6.18 Å². The Morgan fingerprint density at radius 1 is 0.974 bits per heavy atom. The summed E-state index contributed by atoms with van der Waals surface area (Å²) >= 11 is 0. The average molecular weight is 526 g/mol. The van der Waals surface area contributed by atoms with Gasteiger partial charge in [0.2, 0.25) is 5.95 Å². The topological polar surface area (TPSA) is 104 Å². The number of benzene rings is 2. The summed E-state index contributed by atoms with van der Waals surface area (Å²) in [5.41, 5.74) is 4.05. The quantitative estimate of drug-likeness (QED) is 0.401. The zero-order valence-corrected chi connectivity index (χ0v) is 20.1. The first-order chi connectivity index (χ1) is 18.0. The lowest BCUT2D eigenvalue weighted by molar-refractivity contribution is -0.137. The number of aromatic nitrogens is 2. The molecule has 196 valence electrons. The van der Waals surface area contributed by atoms with Crippen LogP contribution in [0.2, 0.25) is 0 Å². The number of alkyl halides is 3. The molecule has 8 nitrogen and oxygen atoms in total. The Labute approximate surface area is 215 Å². The Morgan fingerprint density at radius 2 is 1.63 bits per heavy atom. The summed E-state index contributed by atoms with van der Waals surface area (Å²) in [7, 11) is 1.88. The summed E-state index contributed by atoms with van der Waals surface area (Å²) in [6.07, 6.45) is -1.99. The van der Waals surface area contributed by atoms with Crippen molar-refractivity contribution in [3.05, 3.63) is 82.4 Å². The molecule has 2 heterocycles. The summed E-state index contributed by atoms with van der Waals surface area (Å²) in [5.74, 6) is 3.07. The fraction of sp³-hybridized carbons (Fsp3) is 0.231. The van der Waals surface area contributed by atoms with E-state index < -0.39 is 34.9 Å². The molecule has 2 aromatic carbocycles. The van der Waals surface area contributed by atoms with E-state index in [0.29, 0.717) is 37.8 Å². The minimum atomic E-state index is -4.77. The van der Waals surface area contributed by atoms with Crippen LogP contribution < -0.4 is 11.1 Å². The van der Waals surface area contributed by atoms with E-state index in [9.17, 15) is 27.2 Å². The van der Waals surface area contributed by atoms with Crippen LogP contribution in [-0.4, -0.2) is 64.8 Å². The molecule has 1 saturated heterocycles. The maximum absolute atomic E-state index is 14.5. The van der Waals surface area contributed by atoms with Crippen LogP contribution >= 0.6 is 0 Å². The van der Waals surface area contributed by atoms with Gasteiger partial charge < -0.3 is 20.9 Å². The number of nitrogens with one attached hydrogen (secondary N) is 1. The van der Waals surface area contributed by atoms with Gasteiger partial charge in [-0.05, 0) is 43.4 Å². The van der Waals surface area contributed by atoms with Crippen LogP contribution in [0, 0.1) is 17.7 Å². The Kier molecular flexibility index (Phi) is 7.59. The summed E-state index contributed by atoms with van der Waals surface area (Å²) in [6.45, 7) is 1.87. The first-order valence-electron chi connectivity index (χ1n) is 11.4. The van der Waals surface area contributed by atoms with Crippen molar-refractivity contribution < 1.29 is 27.2 Å². The third kappa shape index (κ3) is 6.43. The normalized spacial score (nSPS) is 14.0. The number of hydrogen-bond donors (Lipinski definition) is 2. The van der Waals surface area contributed by atoms with Gasteiger partial charge in [0.25, 0.3) is 11.8 Å². The van der Waals surface area contributed by atoms with E-state index in [1.54, 1.807) is 0 Å². The van der Waals surface area contributed by atoms with Crippen molar-refractivity contribution in [3.8, 4) is 11.8 Å². The van der Waals surface area contributed by atoms with Crippen molar-refractivity contribution in [2.24, 2.45) is 0 Å². The van der Waals surface area contributed by atoms with E-state index in [1.165, 1.54) is 29.4 Å². The molecule has 38 heavy (non-hydrogen) atoms. The van der Waals surface area contributed by atoms with Gasteiger partial charge in [0, 0.05) is 55.4 Å². The average Bonchev–Trinajstić information content (AvgIpc) is 2.88. The maximum atomic E-state index is 14.5. The number of amides is 2. The molecule has 0 saturated carbocycles. The summed E-state index contributed by atoms with van der Waals surface area (Å²) < 4.78 is 55.3. The summed E-state index contributed by atoms with van der Waals surface area (Å²) in [6, 6.07) is 6.12. The number of nitrogens with zero attached hydrogens (tertiary/aromatic N) is 4. The van der Waals surface area contributed by atoms with Gasteiger partial charge in [-0.1, -0.05) is 11.8 Å². The Morgan fingerprint density at radius 3 is 2.29 bits per heavy atom. The number of hydrogen-bond acceptors (Lipinski definition) is 6. The lowest BCUT2D eigenvalue weighted by Crippen LogP contribution is -2.47. The van der Waals surface area contributed by atoms with E-state index in [0.717, 1.165) is 18.2 Å². The van der Waals surface area contributed by atoms with Crippen LogP contribution in [0.4, 0.5) is 29.2 Å². The number of likely N-dealkylation sites (N-methyl/N-ethyl adjacent to an activating group) is 1. The lowest BCUT2D eigenvalue weighted by Gasteiger charge is -2.32. The van der Waals surface area contributed by atoms with Gasteiger partial charge in [0.1, 0.15) is 5.82 Å². The van der Waals surface area contributed by atoms with E-state index >= 15 is 0 Å². The van der Waals surface area contributed by atoms with Crippen LogP contribution in [0.15, 0.2) is 48.8 Å². The van der Waals surface area contributed by atoms with Crippen LogP contribution in [-0.2, 0) is 6.18 Å². The molecule has 0 spiro atoms. The van der Waals surface area contributed by atoms with Gasteiger partial charge in [-0.3, -0.25) is 9.59 Å². The SMILES string of the molecule is CN1CCN(C(=O)c2cc(NC(=O)c3cc(C#Cc4cnc(N)nc4)ccc3F)cc(C(F)(F)F)c2)CC1. The minimum Gasteiger partial charge on any atom is -0.368 e. The van der Waals surface area contributed by atoms with Crippen LogP contribution in [0.5, 0.6) is 0 Å². The molecule has 0 radical (unpaired) electrons. The zero-order chi connectivity index (χ0) is 27.4. The third-order valence-electron chi connectivity index (χ3n) is 5.79. The number of anilines is 2. The minimum absolute atomic E-state index is 0.0688. The van der Waals surface area contributed by atoms with Crippen molar-refractivity contribution in [3.63, 3.8) is 0 Å². The Bertz CT molecular complexity index is 1420. The number of carbonyl (C=O) groups is 2. The fourth-order valence-electron chi connectivity index (χ4n) is 3.70. The highest BCUT2D eigenvalue weighted by Crippen LogP contribution is 2.32. The highest BCUT2D eigenvalue weighted by molar-refractivity contribution is 6.05. The fourth-order valence-corrected chi connectivity index (χ4v) is 3.70.